The summed E-state index contributed by atoms with van der Waals surface area (Å²) in [6, 6.07) is 0. The number of Topliss-reactive ketones (excluding diaryl/α,β-unsaturated/α-hetero) is 2. The van der Waals surface area contributed by atoms with Crippen molar-refractivity contribution >= 4 is 17.5 Å². The maximum atomic E-state index is 13.0. The molecular weight excluding hydrogens is 356 g/mol. The third kappa shape index (κ3) is 4.40. The van der Waals surface area contributed by atoms with E-state index in [0.29, 0.717) is 19.3 Å². The van der Waals surface area contributed by atoms with Gasteiger partial charge < -0.3 is 9.84 Å². The third-order valence-electron chi connectivity index (χ3n) is 6.77. The molecule has 2 saturated carbocycles. The number of unbranched alkanes of at least 4 members (excludes halogenated alkanes) is 1. The zero-order valence-electron chi connectivity index (χ0n) is 17.9. The maximum absolute atomic E-state index is 13.0. The molecule has 4 unspecified atom stereocenters. The molecule has 0 amide bonds. The van der Waals surface area contributed by atoms with Crippen molar-refractivity contribution in [3.8, 4) is 0 Å². The van der Waals surface area contributed by atoms with Crippen LogP contribution in [0.25, 0.3) is 0 Å². The highest BCUT2D eigenvalue weighted by Gasteiger charge is 2.65. The lowest BCUT2D eigenvalue weighted by molar-refractivity contribution is -0.176. The molecule has 0 aromatic heterocycles. The number of ether oxygens (including phenoxy) is 1. The van der Waals surface area contributed by atoms with Crippen LogP contribution < -0.4 is 0 Å². The first kappa shape index (κ1) is 22.8. The summed E-state index contributed by atoms with van der Waals surface area (Å²) in [4.78, 5) is 37.7. The molecule has 2 rings (SSSR count). The first-order chi connectivity index (χ1) is 13.0. The summed E-state index contributed by atoms with van der Waals surface area (Å²) in [5.74, 6) is -1.53. The molecule has 0 bridgehead atoms. The van der Waals surface area contributed by atoms with Gasteiger partial charge in [-0.25, -0.2) is 0 Å². The topological polar surface area (TPSA) is 80.7 Å². The SMILES string of the molecule is C=CCCCC(=O)CCC1(C(=O)O)C(=O)CCC2(C)C(OC(C)(C)C)CCC12. The lowest BCUT2D eigenvalue weighted by Gasteiger charge is -2.49. The Kier molecular flexibility index (Phi) is 6.90. The van der Waals surface area contributed by atoms with Gasteiger partial charge >= 0.3 is 5.97 Å². The maximum Gasteiger partial charge on any atom is 0.317 e. The molecule has 2 fully saturated rings. The fourth-order valence-corrected chi connectivity index (χ4v) is 5.36. The molecule has 0 radical (unpaired) electrons. The van der Waals surface area contributed by atoms with Crippen LogP contribution in [0, 0.1) is 16.7 Å². The molecule has 0 aromatic rings. The summed E-state index contributed by atoms with van der Waals surface area (Å²) in [5, 5.41) is 10.2. The average Bonchev–Trinajstić information content (AvgIpc) is 2.90. The van der Waals surface area contributed by atoms with Gasteiger partial charge in [0.15, 0.2) is 5.78 Å². The minimum atomic E-state index is -1.46. The van der Waals surface area contributed by atoms with Crippen LogP contribution in [0.3, 0.4) is 0 Å². The van der Waals surface area contributed by atoms with Gasteiger partial charge in [0, 0.05) is 19.3 Å². The molecular formula is C23H36O5. The van der Waals surface area contributed by atoms with Crippen LogP contribution in [0.5, 0.6) is 0 Å². The van der Waals surface area contributed by atoms with Crippen LogP contribution in [0.15, 0.2) is 12.7 Å². The number of carboxylic acid groups (broad SMARTS) is 1. The lowest BCUT2D eigenvalue weighted by atomic mass is 9.53. The minimum Gasteiger partial charge on any atom is -0.480 e. The van der Waals surface area contributed by atoms with Crippen LogP contribution in [0.1, 0.15) is 85.5 Å². The predicted octanol–water partition coefficient (Wildman–Crippen LogP) is 4.73. The Morgan fingerprint density at radius 3 is 2.54 bits per heavy atom. The number of carbonyl (C=O) groups is 3. The molecule has 0 aliphatic heterocycles. The quantitative estimate of drug-likeness (QED) is 0.349. The van der Waals surface area contributed by atoms with Crippen LogP contribution in [-0.2, 0) is 19.1 Å². The zero-order valence-corrected chi connectivity index (χ0v) is 17.9. The molecule has 0 spiro atoms. The first-order valence-electron chi connectivity index (χ1n) is 10.5. The number of ketones is 2. The smallest absolute Gasteiger partial charge is 0.317 e. The van der Waals surface area contributed by atoms with Gasteiger partial charge in [0.25, 0.3) is 0 Å². The highest BCUT2D eigenvalue weighted by Crippen LogP contribution is 2.61. The monoisotopic (exact) mass is 392 g/mol. The van der Waals surface area contributed by atoms with E-state index >= 15 is 0 Å². The van der Waals surface area contributed by atoms with E-state index in [1.54, 1.807) is 6.08 Å². The molecule has 2 aliphatic rings. The van der Waals surface area contributed by atoms with Crippen molar-refractivity contribution in [3.63, 3.8) is 0 Å². The Hall–Kier alpha value is -1.49. The fraction of sp³-hybridized carbons (Fsp3) is 0.783. The fourth-order valence-electron chi connectivity index (χ4n) is 5.36. The summed E-state index contributed by atoms with van der Waals surface area (Å²) in [7, 11) is 0. The van der Waals surface area contributed by atoms with Crippen LogP contribution >= 0.6 is 0 Å². The molecule has 4 atom stereocenters. The van der Waals surface area contributed by atoms with E-state index in [4.69, 9.17) is 4.74 Å². The van der Waals surface area contributed by atoms with Crippen LogP contribution in [0.2, 0.25) is 0 Å². The molecule has 5 nitrogen and oxygen atoms in total. The molecule has 158 valence electrons. The summed E-state index contributed by atoms with van der Waals surface area (Å²) in [6.45, 7) is 11.7. The molecule has 0 saturated heterocycles. The van der Waals surface area contributed by atoms with Gasteiger partial charge in [-0.2, -0.15) is 0 Å². The molecule has 0 aromatic carbocycles. The van der Waals surface area contributed by atoms with Crippen molar-refractivity contribution in [2.45, 2.75) is 97.2 Å². The highest BCUT2D eigenvalue weighted by molar-refractivity contribution is 6.04. The number of fused-ring (bicyclic) bond motifs is 1. The van der Waals surface area contributed by atoms with Crippen LogP contribution in [0.4, 0.5) is 0 Å². The summed E-state index contributed by atoms with van der Waals surface area (Å²) >= 11 is 0. The van der Waals surface area contributed by atoms with Crippen molar-refractivity contribution in [2.75, 3.05) is 0 Å². The van der Waals surface area contributed by atoms with Gasteiger partial charge in [-0.05, 0) is 70.6 Å². The Morgan fingerprint density at radius 1 is 1.29 bits per heavy atom. The molecule has 0 heterocycles. The minimum absolute atomic E-state index is 0.0306. The zero-order chi connectivity index (χ0) is 21.2. The van der Waals surface area contributed by atoms with Gasteiger partial charge in [0.1, 0.15) is 11.2 Å². The number of allylic oxidation sites excluding steroid dienone is 1. The molecule has 5 heteroatoms. The second kappa shape index (κ2) is 8.48. The Balaban J connectivity index is 2.24. The largest absolute Gasteiger partial charge is 0.480 e. The Morgan fingerprint density at radius 2 is 1.96 bits per heavy atom. The van der Waals surface area contributed by atoms with Crippen molar-refractivity contribution in [1.29, 1.82) is 0 Å². The number of hydrogen-bond acceptors (Lipinski definition) is 4. The van der Waals surface area contributed by atoms with Crippen molar-refractivity contribution in [3.05, 3.63) is 12.7 Å². The number of carboxylic acids is 1. The van der Waals surface area contributed by atoms with E-state index in [9.17, 15) is 19.5 Å². The molecule has 1 N–H and O–H groups in total. The van der Waals surface area contributed by atoms with E-state index in [2.05, 4.69) is 13.5 Å². The normalized spacial score (nSPS) is 32.8. The lowest BCUT2D eigenvalue weighted by Crippen LogP contribution is -2.56. The second-order valence-electron chi connectivity index (χ2n) is 9.77. The number of rotatable bonds is 9. The van der Waals surface area contributed by atoms with Crippen molar-refractivity contribution < 1.29 is 24.2 Å². The third-order valence-corrected chi connectivity index (χ3v) is 6.77. The molecule has 28 heavy (non-hydrogen) atoms. The number of aliphatic carboxylic acids is 1. The van der Waals surface area contributed by atoms with E-state index in [1.807, 2.05) is 20.8 Å². The standard InChI is InChI=1S/C23H36O5/c1-6-7-8-9-16(24)12-15-23(20(26)27)17-10-11-19(28-21(2,3)4)22(17,5)14-13-18(23)25/h6,17,19H,1,7-15H2,2-5H3,(H,26,27). The first-order valence-corrected chi connectivity index (χ1v) is 10.5. The Bertz CT molecular complexity index is 631. The van der Waals surface area contributed by atoms with Gasteiger partial charge in [-0.1, -0.05) is 13.0 Å². The van der Waals surface area contributed by atoms with E-state index in [-0.39, 0.29) is 53.9 Å². The second-order valence-corrected chi connectivity index (χ2v) is 9.77. The van der Waals surface area contributed by atoms with Crippen molar-refractivity contribution in [1.82, 2.24) is 0 Å². The van der Waals surface area contributed by atoms with E-state index in [0.717, 1.165) is 19.3 Å². The molecule has 2 aliphatic carbocycles. The van der Waals surface area contributed by atoms with Gasteiger partial charge in [0.05, 0.1) is 11.7 Å². The highest BCUT2D eigenvalue weighted by atomic mass is 16.5. The summed E-state index contributed by atoms with van der Waals surface area (Å²) in [5.41, 5.74) is -2.14. The number of carbonyl (C=O) groups excluding carboxylic acids is 2. The van der Waals surface area contributed by atoms with Gasteiger partial charge in [-0.15, -0.1) is 6.58 Å². The van der Waals surface area contributed by atoms with Crippen LogP contribution in [-0.4, -0.2) is 34.3 Å². The van der Waals surface area contributed by atoms with Crippen molar-refractivity contribution in [2.24, 2.45) is 16.7 Å². The van der Waals surface area contributed by atoms with E-state index < -0.39 is 11.4 Å². The van der Waals surface area contributed by atoms with E-state index in [1.165, 1.54) is 0 Å². The van der Waals surface area contributed by atoms with Gasteiger partial charge in [0.2, 0.25) is 0 Å². The number of hydrogen-bond donors (Lipinski definition) is 1. The Labute approximate surface area is 168 Å². The summed E-state index contributed by atoms with van der Waals surface area (Å²) < 4.78 is 6.29. The summed E-state index contributed by atoms with van der Waals surface area (Å²) in [6.07, 6.45) is 6.17. The van der Waals surface area contributed by atoms with Gasteiger partial charge in [-0.3, -0.25) is 14.4 Å². The average molecular weight is 393 g/mol. The predicted molar refractivity (Wildman–Crippen MR) is 108 cm³/mol.